The molecular weight excluding hydrogens is 251 g/mol. The minimum Gasteiger partial charge on any atom is -0.347 e. The number of benzene rings is 1. The average Bonchev–Trinajstić information content (AvgIpc) is 2.70. The van der Waals surface area contributed by atoms with Crippen LogP contribution in [0.2, 0.25) is 0 Å². The van der Waals surface area contributed by atoms with Crippen molar-refractivity contribution >= 4 is 22.8 Å². The zero-order chi connectivity index (χ0) is 13.1. The molecule has 0 saturated carbocycles. The number of hydrogen-bond donors (Lipinski definition) is 0. The molecule has 0 N–H and O–H groups in total. The van der Waals surface area contributed by atoms with Crippen LogP contribution in [0.4, 0.5) is 9.52 Å². The summed E-state index contributed by atoms with van der Waals surface area (Å²) in [4.78, 5) is 17.6. The van der Waals surface area contributed by atoms with Crippen molar-refractivity contribution in [2.24, 2.45) is 0 Å². The van der Waals surface area contributed by atoms with Crippen molar-refractivity contribution in [2.75, 3.05) is 11.9 Å². The van der Waals surface area contributed by atoms with Gasteiger partial charge in [-0.2, -0.15) is 0 Å². The highest BCUT2D eigenvalue weighted by Gasteiger charge is 2.11. The van der Waals surface area contributed by atoms with Gasteiger partial charge in [0, 0.05) is 13.6 Å². The van der Waals surface area contributed by atoms with Gasteiger partial charge in [-0.25, -0.2) is 9.37 Å². The van der Waals surface area contributed by atoms with Crippen molar-refractivity contribution < 1.29 is 9.18 Å². The van der Waals surface area contributed by atoms with Gasteiger partial charge in [-0.15, -0.1) is 0 Å². The van der Waals surface area contributed by atoms with Crippen LogP contribution >= 0.6 is 11.3 Å². The van der Waals surface area contributed by atoms with E-state index in [1.807, 2.05) is 18.0 Å². The maximum Gasteiger partial charge on any atom is 0.186 e. The van der Waals surface area contributed by atoms with E-state index in [2.05, 4.69) is 4.98 Å². The number of nitrogens with zero attached hydrogens (tertiary/aromatic N) is 2. The molecule has 1 heterocycles. The number of thiazole rings is 1. The maximum absolute atomic E-state index is 13.1. The van der Waals surface area contributed by atoms with Gasteiger partial charge in [0.05, 0.1) is 10.6 Å². The van der Waals surface area contributed by atoms with Crippen molar-refractivity contribution in [1.29, 1.82) is 0 Å². The van der Waals surface area contributed by atoms with Crippen LogP contribution in [0.5, 0.6) is 0 Å². The zero-order valence-electron chi connectivity index (χ0n) is 10.2. The summed E-state index contributed by atoms with van der Waals surface area (Å²) in [5.41, 5.74) is 1.61. The Morgan fingerprint density at radius 1 is 1.50 bits per heavy atom. The van der Waals surface area contributed by atoms with Crippen LogP contribution in [0.1, 0.15) is 20.9 Å². The van der Waals surface area contributed by atoms with E-state index in [1.54, 1.807) is 13.0 Å². The molecule has 0 fully saturated rings. The van der Waals surface area contributed by atoms with Crippen molar-refractivity contribution in [2.45, 2.75) is 13.5 Å². The Bertz CT molecular complexity index is 568. The molecule has 5 heteroatoms. The van der Waals surface area contributed by atoms with Gasteiger partial charge in [0.2, 0.25) is 0 Å². The molecule has 0 bridgehead atoms. The molecule has 0 unspecified atom stereocenters. The van der Waals surface area contributed by atoms with Gasteiger partial charge >= 0.3 is 0 Å². The standard InChI is InChI=1S/C13H13FN2OS/c1-9-12(8-17)18-13(15-9)16(2)7-10-4-3-5-11(14)6-10/h3-6,8H,7H2,1-2H3. The highest BCUT2D eigenvalue weighted by molar-refractivity contribution is 7.17. The van der Waals surface area contributed by atoms with Gasteiger partial charge in [0.15, 0.2) is 11.4 Å². The SMILES string of the molecule is Cc1nc(N(C)Cc2cccc(F)c2)sc1C=O. The molecule has 1 aromatic carbocycles. The van der Waals surface area contributed by atoms with Crippen LogP contribution in [-0.4, -0.2) is 18.3 Å². The second-order valence-corrected chi connectivity index (χ2v) is 5.06. The van der Waals surface area contributed by atoms with Crippen molar-refractivity contribution in [3.05, 3.63) is 46.2 Å². The van der Waals surface area contributed by atoms with Gasteiger partial charge in [-0.3, -0.25) is 4.79 Å². The van der Waals surface area contributed by atoms with E-state index >= 15 is 0 Å². The Labute approximate surface area is 109 Å². The van der Waals surface area contributed by atoms with E-state index in [0.29, 0.717) is 11.4 Å². The van der Waals surface area contributed by atoms with Crippen molar-refractivity contribution in [3.8, 4) is 0 Å². The third kappa shape index (κ3) is 2.73. The number of carbonyl (C=O) groups is 1. The van der Waals surface area contributed by atoms with E-state index in [0.717, 1.165) is 22.7 Å². The number of rotatable bonds is 4. The molecule has 0 atom stereocenters. The predicted molar refractivity (Wildman–Crippen MR) is 70.7 cm³/mol. The fraction of sp³-hybridized carbons (Fsp3) is 0.231. The largest absolute Gasteiger partial charge is 0.347 e. The van der Waals surface area contributed by atoms with E-state index in [1.165, 1.54) is 23.5 Å². The number of aldehydes is 1. The Hall–Kier alpha value is -1.75. The Kier molecular flexibility index (Phi) is 3.72. The van der Waals surface area contributed by atoms with Crippen LogP contribution in [0.25, 0.3) is 0 Å². The number of aryl methyl sites for hydroxylation is 1. The lowest BCUT2D eigenvalue weighted by molar-refractivity contribution is 0.112. The molecule has 0 radical (unpaired) electrons. The van der Waals surface area contributed by atoms with E-state index < -0.39 is 0 Å². The first kappa shape index (κ1) is 12.7. The Morgan fingerprint density at radius 2 is 2.28 bits per heavy atom. The molecule has 0 aliphatic heterocycles. The Morgan fingerprint density at radius 3 is 2.89 bits per heavy atom. The number of hydrogen-bond acceptors (Lipinski definition) is 4. The third-order valence-corrected chi connectivity index (χ3v) is 3.76. The molecule has 94 valence electrons. The zero-order valence-corrected chi connectivity index (χ0v) is 11.0. The van der Waals surface area contributed by atoms with Crippen molar-refractivity contribution in [3.63, 3.8) is 0 Å². The molecule has 0 spiro atoms. The molecule has 3 nitrogen and oxygen atoms in total. The minimum atomic E-state index is -0.246. The van der Waals surface area contributed by atoms with Gasteiger partial charge in [-0.05, 0) is 24.6 Å². The molecule has 2 aromatic rings. The first-order valence-electron chi connectivity index (χ1n) is 5.48. The smallest absolute Gasteiger partial charge is 0.186 e. The van der Waals surface area contributed by atoms with Crippen LogP contribution in [0.15, 0.2) is 24.3 Å². The highest BCUT2D eigenvalue weighted by atomic mass is 32.1. The summed E-state index contributed by atoms with van der Waals surface area (Å²) in [7, 11) is 1.87. The number of aromatic nitrogens is 1. The second kappa shape index (κ2) is 5.27. The van der Waals surface area contributed by atoms with E-state index in [4.69, 9.17) is 0 Å². The number of carbonyl (C=O) groups excluding carboxylic acids is 1. The first-order chi connectivity index (χ1) is 8.60. The van der Waals surface area contributed by atoms with Crippen LogP contribution in [-0.2, 0) is 6.54 Å². The number of anilines is 1. The monoisotopic (exact) mass is 264 g/mol. The van der Waals surface area contributed by atoms with Gasteiger partial charge in [0.1, 0.15) is 5.82 Å². The summed E-state index contributed by atoms with van der Waals surface area (Å²) in [6.07, 6.45) is 0.812. The second-order valence-electron chi connectivity index (χ2n) is 4.05. The molecule has 1 aromatic heterocycles. The Balaban J connectivity index is 2.16. The molecule has 0 saturated heterocycles. The summed E-state index contributed by atoms with van der Waals surface area (Å²) >= 11 is 1.34. The minimum absolute atomic E-state index is 0.246. The summed E-state index contributed by atoms with van der Waals surface area (Å²) in [6, 6.07) is 6.46. The fourth-order valence-corrected chi connectivity index (χ4v) is 2.48. The molecule has 0 aliphatic carbocycles. The van der Waals surface area contributed by atoms with Gasteiger partial charge in [0.25, 0.3) is 0 Å². The topological polar surface area (TPSA) is 33.2 Å². The van der Waals surface area contributed by atoms with Crippen LogP contribution in [0.3, 0.4) is 0 Å². The average molecular weight is 264 g/mol. The van der Waals surface area contributed by atoms with Gasteiger partial charge < -0.3 is 4.90 Å². The van der Waals surface area contributed by atoms with Crippen LogP contribution in [0, 0.1) is 12.7 Å². The van der Waals surface area contributed by atoms with Gasteiger partial charge in [-0.1, -0.05) is 23.5 Å². The summed E-state index contributed by atoms with van der Waals surface area (Å²) in [5.74, 6) is -0.246. The normalized spacial score (nSPS) is 10.4. The van der Waals surface area contributed by atoms with E-state index in [-0.39, 0.29) is 5.82 Å². The van der Waals surface area contributed by atoms with E-state index in [9.17, 15) is 9.18 Å². The first-order valence-corrected chi connectivity index (χ1v) is 6.30. The molecular formula is C13H13FN2OS. The molecule has 18 heavy (non-hydrogen) atoms. The molecule has 0 aliphatic rings. The number of halogens is 1. The fourth-order valence-electron chi connectivity index (χ4n) is 1.64. The predicted octanol–water partition coefficient (Wildman–Crippen LogP) is 3.04. The maximum atomic E-state index is 13.1. The molecule has 0 amide bonds. The van der Waals surface area contributed by atoms with Crippen LogP contribution < -0.4 is 4.90 Å². The highest BCUT2D eigenvalue weighted by Crippen LogP contribution is 2.24. The van der Waals surface area contributed by atoms with Crippen molar-refractivity contribution in [1.82, 2.24) is 4.98 Å². The lowest BCUT2D eigenvalue weighted by Crippen LogP contribution is -2.16. The quantitative estimate of drug-likeness (QED) is 0.796. The lowest BCUT2D eigenvalue weighted by Gasteiger charge is -2.15. The molecule has 2 rings (SSSR count). The summed E-state index contributed by atoms with van der Waals surface area (Å²) < 4.78 is 13.1. The third-order valence-electron chi connectivity index (χ3n) is 2.56. The lowest BCUT2D eigenvalue weighted by atomic mass is 10.2. The summed E-state index contributed by atoms with van der Waals surface area (Å²) in [6.45, 7) is 2.36. The summed E-state index contributed by atoms with van der Waals surface area (Å²) in [5, 5.41) is 0.763.